The van der Waals surface area contributed by atoms with Crippen molar-refractivity contribution in [3.63, 3.8) is 0 Å². The molecule has 0 radical (unpaired) electrons. The summed E-state index contributed by atoms with van der Waals surface area (Å²) >= 11 is 0. The molecule has 2 aromatic carbocycles. The van der Waals surface area contributed by atoms with E-state index in [1.54, 1.807) is 16.4 Å². The Morgan fingerprint density at radius 2 is 1.32 bits per heavy atom. The molecule has 0 aromatic heterocycles. The third kappa shape index (κ3) is 3.29. The van der Waals surface area contributed by atoms with Crippen molar-refractivity contribution in [2.24, 2.45) is 0 Å². The molecule has 0 spiro atoms. The van der Waals surface area contributed by atoms with Gasteiger partial charge in [-0.2, -0.15) is 4.31 Å². The highest BCUT2D eigenvalue weighted by Gasteiger charge is 2.26. The first-order valence-electron chi connectivity index (χ1n) is 7.50. The number of hydrogen-bond donors (Lipinski definition) is 0. The quantitative estimate of drug-likeness (QED) is 0.808. The number of sulfonamides is 1. The Morgan fingerprint density at radius 3 is 1.91 bits per heavy atom. The van der Waals surface area contributed by atoms with Crippen LogP contribution >= 0.6 is 0 Å². The van der Waals surface area contributed by atoms with E-state index in [0.717, 1.165) is 24.0 Å². The number of rotatable bonds is 4. The van der Waals surface area contributed by atoms with Crippen LogP contribution < -0.4 is 0 Å². The van der Waals surface area contributed by atoms with Gasteiger partial charge in [-0.15, -0.1) is 0 Å². The van der Waals surface area contributed by atoms with Gasteiger partial charge in [0.2, 0.25) is 10.0 Å². The van der Waals surface area contributed by atoms with E-state index in [-0.39, 0.29) is 0 Å². The lowest BCUT2D eigenvalue weighted by molar-refractivity contribution is 0.477. The third-order valence-electron chi connectivity index (χ3n) is 3.85. The summed E-state index contributed by atoms with van der Waals surface area (Å²) in [5.74, 6) is 0. The standard InChI is InChI=1S/C18H19NO2S/c20-22(21,19-14-4-5-15-19)18-12-10-17(11-13-18)9-8-16-6-2-1-3-7-16/h1-3,6-13H,4-5,14-15H2/b9-8+. The van der Waals surface area contributed by atoms with E-state index in [1.165, 1.54) is 0 Å². The molecular weight excluding hydrogens is 294 g/mol. The highest BCUT2D eigenvalue weighted by Crippen LogP contribution is 2.21. The zero-order valence-corrected chi connectivity index (χ0v) is 13.2. The van der Waals surface area contributed by atoms with Crippen LogP contribution in [0, 0.1) is 0 Å². The maximum absolute atomic E-state index is 12.4. The maximum atomic E-state index is 12.4. The van der Waals surface area contributed by atoms with Gasteiger partial charge in [0.05, 0.1) is 4.90 Å². The summed E-state index contributed by atoms with van der Waals surface area (Å²) in [6.07, 6.45) is 5.92. The molecular formula is C18H19NO2S. The van der Waals surface area contributed by atoms with E-state index in [1.807, 2.05) is 54.6 Å². The lowest BCUT2D eigenvalue weighted by Crippen LogP contribution is -2.27. The zero-order valence-electron chi connectivity index (χ0n) is 12.4. The average Bonchev–Trinajstić information content (AvgIpc) is 3.10. The minimum atomic E-state index is -3.31. The van der Waals surface area contributed by atoms with E-state index in [9.17, 15) is 8.42 Å². The Bertz CT molecular complexity index is 743. The second-order valence-corrected chi connectivity index (χ2v) is 7.36. The highest BCUT2D eigenvalue weighted by atomic mass is 32.2. The first-order valence-corrected chi connectivity index (χ1v) is 8.94. The van der Waals surface area contributed by atoms with Crippen LogP contribution in [-0.2, 0) is 10.0 Å². The van der Waals surface area contributed by atoms with Crippen molar-refractivity contribution in [2.75, 3.05) is 13.1 Å². The maximum Gasteiger partial charge on any atom is 0.243 e. The first kappa shape index (κ1) is 15.0. The predicted molar refractivity (Wildman–Crippen MR) is 89.8 cm³/mol. The summed E-state index contributed by atoms with van der Waals surface area (Å²) in [5.41, 5.74) is 2.11. The molecule has 0 saturated carbocycles. The van der Waals surface area contributed by atoms with E-state index in [4.69, 9.17) is 0 Å². The van der Waals surface area contributed by atoms with Crippen molar-refractivity contribution in [3.8, 4) is 0 Å². The van der Waals surface area contributed by atoms with Gasteiger partial charge >= 0.3 is 0 Å². The molecule has 0 N–H and O–H groups in total. The molecule has 3 nitrogen and oxygen atoms in total. The Kier molecular flexibility index (Phi) is 4.41. The van der Waals surface area contributed by atoms with Gasteiger partial charge in [-0.05, 0) is 36.1 Å². The van der Waals surface area contributed by atoms with Crippen molar-refractivity contribution in [1.29, 1.82) is 0 Å². The number of benzene rings is 2. The van der Waals surface area contributed by atoms with Gasteiger partial charge in [0.15, 0.2) is 0 Å². The molecule has 2 aromatic rings. The monoisotopic (exact) mass is 313 g/mol. The fourth-order valence-corrected chi connectivity index (χ4v) is 4.10. The van der Waals surface area contributed by atoms with Crippen molar-refractivity contribution in [2.45, 2.75) is 17.7 Å². The summed E-state index contributed by atoms with van der Waals surface area (Å²) < 4.78 is 26.4. The molecule has 0 atom stereocenters. The van der Waals surface area contributed by atoms with Crippen molar-refractivity contribution < 1.29 is 8.42 Å². The van der Waals surface area contributed by atoms with Gasteiger partial charge < -0.3 is 0 Å². The normalized spacial score (nSPS) is 16.4. The summed E-state index contributed by atoms with van der Waals surface area (Å²) in [5, 5.41) is 0. The Morgan fingerprint density at radius 1 is 0.773 bits per heavy atom. The fourth-order valence-electron chi connectivity index (χ4n) is 2.59. The summed E-state index contributed by atoms with van der Waals surface area (Å²) in [6.45, 7) is 1.27. The van der Waals surface area contributed by atoms with E-state index in [0.29, 0.717) is 18.0 Å². The van der Waals surface area contributed by atoms with Gasteiger partial charge in [-0.25, -0.2) is 8.42 Å². The van der Waals surface area contributed by atoms with Crippen LogP contribution in [0.3, 0.4) is 0 Å². The Balaban J connectivity index is 1.77. The summed E-state index contributed by atoms with van der Waals surface area (Å²) in [7, 11) is -3.31. The highest BCUT2D eigenvalue weighted by molar-refractivity contribution is 7.89. The van der Waals surface area contributed by atoms with Gasteiger partial charge in [0.25, 0.3) is 0 Å². The fraction of sp³-hybridized carbons (Fsp3) is 0.222. The molecule has 0 aliphatic carbocycles. The van der Waals surface area contributed by atoms with Crippen LogP contribution in [0.4, 0.5) is 0 Å². The molecule has 0 unspecified atom stereocenters. The predicted octanol–water partition coefficient (Wildman–Crippen LogP) is 3.64. The van der Waals surface area contributed by atoms with Crippen molar-refractivity contribution >= 4 is 22.2 Å². The molecule has 114 valence electrons. The second-order valence-electron chi connectivity index (χ2n) is 5.42. The van der Waals surface area contributed by atoms with E-state index < -0.39 is 10.0 Å². The van der Waals surface area contributed by atoms with Gasteiger partial charge in [-0.3, -0.25) is 0 Å². The van der Waals surface area contributed by atoms with E-state index >= 15 is 0 Å². The summed E-state index contributed by atoms with van der Waals surface area (Å²) in [4.78, 5) is 0.381. The lowest BCUT2D eigenvalue weighted by Gasteiger charge is -2.15. The average molecular weight is 313 g/mol. The number of hydrogen-bond acceptors (Lipinski definition) is 2. The van der Waals surface area contributed by atoms with Gasteiger partial charge in [0.1, 0.15) is 0 Å². The molecule has 1 heterocycles. The number of nitrogens with zero attached hydrogens (tertiary/aromatic N) is 1. The molecule has 1 aliphatic rings. The smallest absolute Gasteiger partial charge is 0.207 e. The SMILES string of the molecule is O=S(=O)(c1ccc(/C=C/c2ccccc2)cc1)N1CCCC1. The Hall–Kier alpha value is -1.91. The molecule has 0 amide bonds. The zero-order chi connectivity index (χ0) is 15.4. The van der Waals surface area contributed by atoms with Crippen LogP contribution in [0.25, 0.3) is 12.2 Å². The molecule has 0 bridgehead atoms. The molecule has 4 heteroatoms. The molecule has 3 rings (SSSR count). The Labute approximate surface area is 132 Å². The lowest BCUT2D eigenvalue weighted by atomic mass is 10.1. The van der Waals surface area contributed by atoms with Crippen LogP contribution in [0.15, 0.2) is 59.5 Å². The van der Waals surface area contributed by atoms with Gasteiger partial charge in [0, 0.05) is 13.1 Å². The second kappa shape index (κ2) is 6.46. The first-order chi connectivity index (χ1) is 10.7. The molecule has 1 fully saturated rings. The topological polar surface area (TPSA) is 37.4 Å². The van der Waals surface area contributed by atoms with Crippen LogP contribution in [0.2, 0.25) is 0 Å². The molecule has 1 saturated heterocycles. The van der Waals surface area contributed by atoms with E-state index in [2.05, 4.69) is 0 Å². The minimum Gasteiger partial charge on any atom is -0.207 e. The van der Waals surface area contributed by atoms with Crippen LogP contribution in [0.1, 0.15) is 24.0 Å². The van der Waals surface area contributed by atoms with Crippen LogP contribution in [-0.4, -0.2) is 25.8 Å². The molecule has 22 heavy (non-hydrogen) atoms. The summed E-state index contributed by atoms with van der Waals surface area (Å²) in [6, 6.07) is 17.1. The van der Waals surface area contributed by atoms with Crippen LogP contribution in [0.5, 0.6) is 0 Å². The largest absolute Gasteiger partial charge is 0.243 e. The minimum absolute atomic E-state index is 0.381. The molecule has 1 aliphatic heterocycles. The third-order valence-corrected chi connectivity index (χ3v) is 5.76. The van der Waals surface area contributed by atoms with Crippen molar-refractivity contribution in [3.05, 3.63) is 65.7 Å². The van der Waals surface area contributed by atoms with Crippen molar-refractivity contribution in [1.82, 2.24) is 4.31 Å². The van der Waals surface area contributed by atoms with Gasteiger partial charge in [-0.1, -0.05) is 54.6 Å².